The predicted molar refractivity (Wildman–Crippen MR) is 81.4 cm³/mol. The molecule has 1 amide bonds. The molecule has 0 unspecified atom stereocenters. The first-order valence-corrected chi connectivity index (χ1v) is 8.01. The van der Waals surface area contributed by atoms with Crippen molar-refractivity contribution >= 4 is 5.91 Å². The van der Waals surface area contributed by atoms with Gasteiger partial charge in [0.05, 0.1) is 0 Å². The van der Waals surface area contributed by atoms with Crippen LogP contribution in [0, 0.1) is 11.3 Å². The van der Waals surface area contributed by atoms with Crippen LogP contribution in [0.4, 0.5) is 0 Å². The number of nitrogens with zero attached hydrogens (tertiary/aromatic N) is 1. The molecule has 0 spiro atoms. The zero-order valence-corrected chi connectivity index (χ0v) is 12.5. The molecule has 1 heterocycles. The SMILES string of the molecule is CC1(C(=O)N2CCC[C@@H](CCc3ccccc3)C2)CC1. The molecule has 2 nitrogen and oxygen atoms in total. The van der Waals surface area contributed by atoms with Crippen molar-refractivity contribution in [3.05, 3.63) is 35.9 Å². The average molecular weight is 271 g/mol. The number of likely N-dealkylation sites (tertiary alicyclic amines) is 1. The summed E-state index contributed by atoms with van der Waals surface area (Å²) < 4.78 is 0. The van der Waals surface area contributed by atoms with Crippen molar-refractivity contribution in [2.24, 2.45) is 11.3 Å². The van der Waals surface area contributed by atoms with E-state index in [1.807, 2.05) is 0 Å². The average Bonchev–Trinajstić information content (AvgIpc) is 3.25. The lowest BCUT2D eigenvalue weighted by atomic mass is 9.91. The third kappa shape index (κ3) is 3.05. The number of piperidine rings is 1. The van der Waals surface area contributed by atoms with E-state index in [1.54, 1.807) is 0 Å². The number of hydrogen-bond acceptors (Lipinski definition) is 1. The van der Waals surface area contributed by atoms with Crippen LogP contribution >= 0.6 is 0 Å². The summed E-state index contributed by atoms with van der Waals surface area (Å²) in [5, 5.41) is 0. The molecule has 2 aliphatic rings. The first-order valence-electron chi connectivity index (χ1n) is 8.01. The Morgan fingerprint density at radius 2 is 2.05 bits per heavy atom. The summed E-state index contributed by atoms with van der Waals surface area (Å²) in [6.07, 6.45) is 7.01. The van der Waals surface area contributed by atoms with E-state index in [2.05, 4.69) is 42.2 Å². The minimum atomic E-state index is 0.00131. The lowest BCUT2D eigenvalue weighted by Crippen LogP contribution is -2.43. The van der Waals surface area contributed by atoms with Crippen LogP contribution < -0.4 is 0 Å². The maximum absolute atomic E-state index is 12.4. The Balaban J connectivity index is 1.52. The van der Waals surface area contributed by atoms with Gasteiger partial charge in [-0.3, -0.25) is 4.79 Å². The quantitative estimate of drug-likeness (QED) is 0.818. The number of hydrogen-bond donors (Lipinski definition) is 0. The fourth-order valence-corrected chi connectivity index (χ4v) is 3.28. The molecule has 3 rings (SSSR count). The normalized spacial score (nSPS) is 24.4. The van der Waals surface area contributed by atoms with E-state index in [0.29, 0.717) is 11.8 Å². The van der Waals surface area contributed by atoms with Gasteiger partial charge in [-0.25, -0.2) is 0 Å². The fraction of sp³-hybridized carbons (Fsp3) is 0.611. The zero-order chi connectivity index (χ0) is 14.0. The lowest BCUT2D eigenvalue weighted by Gasteiger charge is -2.34. The predicted octanol–water partition coefficient (Wildman–Crippen LogP) is 3.66. The smallest absolute Gasteiger partial charge is 0.228 e. The molecular formula is C18H25NO. The van der Waals surface area contributed by atoms with Gasteiger partial charge in [0.2, 0.25) is 5.91 Å². The molecule has 1 aliphatic carbocycles. The van der Waals surface area contributed by atoms with E-state index in [-0.39, 0.29) is 5.41 Å². The molecule has 20 heavy (non-hydrogen) atoms. The second-order valence-corrected chi connectivity index (χ2v) is 6.84. The maximum atomic E-state index is 12.4. The Hall–Kier alpha value is -1.31. The van der Waals surface area contributed by atoms with Crippen LogP contribution in [-0.2, 0) is 11.2 Å². The summed E-state index contributed by atoms with van der Waals surface area (Å²) in [5.41, 5.74) is 1.42. The largest absolute Gasteiger partial charge is 0.342 e. The highest BCUT2D eigenvalue weighted by Crippen LogP contribution is 2.47. The number of benzene rings is 1. The molecule has 1 atom stereocenters. The van der Waals surface area contributed by atoms with Crippen molar-refractivity contribution < 1.29 is 4.79 Å². The summed E-state index contributed by atoms with van der Waals surface area (Å²) in [5.74, 6) is 1.11. The highest BCUT2D eigenvalue weighted by molar-refractivity contribution is 5.85. The molecule has 0 radical (unpaired) electrons. The summed E-state index contributed by atoms with van der Waals surface area (Å²) >= 11 is 0. The van der Waals surface area contributed by atoms with Gasteiger partial charge in [-0.15, -0.1) is 0 Å². The minimum absolute atomic E-state index is 0.00131. The Morgan fingerprint density at radius 1 is 1.30 bits per heavy atom. The van der Waals surface area contributed by atoms with E-state index < -0.39 is 0 Å². The van der Waals surface area contributed by atoms with Gasteiger partial charge in [0, 0.05) is 18.5 Å². The maximum Gasteiger partial charge on any atom is 0.228 e. The monoisotopic (exact) mass is 271 g/mol. The van der Waals surface area contributed by atoms with Gasteiger partial charge in [0.15, 0.2) is 0 Å². The van der Waals surface area contributed by atoms with Gasteiger partial charge in [-0.1, -0.05) is 37.3 Å². The second kappa shape index (κ2) is 5.59. The Kier molecular flexibility index (Phi) is 3.82. The summed E-state index contributed by atoms with van der Waals surface area (Å²) in [6, 6.07) is 10.7. The molecule has 2 heteroatoms. The van der Waals surface area contributed by atoms with Crippen LogP contribution in [0.2, 0.25) is 0 Å². The molecule has 1 aliphatic heterocycles. The topological polar surface area (TPSA) is 20.3 Å². The molecule has 1 saturated heterocycles. The number of rotatable bonds is 4. The standard InChI is InChI=1S/C18H25NO/c1-18(11-12-18)17(20)19-13-5-8-16(14-19)10-9-15-6-3-2-4-7-15/h2-4,6-7,16H,5,8-14H2,1H3/t16-/m0/s1. The van der Waals surface area contributed by atoms with Gasteiger partial charge in [-0.2, -0.15) is 0 Å². The molecule has 1 saturated carbocycles. The van der Waals surface area contributed by atoms with Crippen LogP contribution in [0.5, 0.6) is 0 Å². The molecule has 108 valence electrons. The molecule has 0 bridgehead atoms. The zero-order valence-electron chi connectivity index (χ0n) is 12.5. The summed E-state index contributed by atoms with van der Waals surface area (Å²) in [6.45, 7) is 4.10. The number of aryl methyl sites for hydroxylation is 1. The van der Waals surface area contributed by atoms with Gasteiger partial charge in [0.1, 0.15) is 0 Å². The Labute approximate surface area is 122 Å². The van der Waals surface area contributed by atoms with Crippen molar-refractivity contribution in [2.45, 2.75) is 45.4 Å². The van der Waals surface area contributed by atoms with Crippen LogP contribution in [0.15, 0.2) is 30.3 Å². The third-order valence-corrected chi connectivity index (χ3v) is 5.01. The van der Waals surface area contributed by atoms with Crippen molar-refractivity contribution in [3.63, 3.8) is 0 Å². The molecule has 1 aromatic carbocycles. The highest BCUT2D eigenvalue weighted by atomic mass is 16.2. The van der Waals surface area contributed by atoms with Crippen LogP contribution in [0.25, 0.3) is 0 Å². The Bertz CT molecular complexity index is 464. The molecule has 1 aromatic rings. The number of carbonyl (C=O) groups excluding carboxylic acids is 1. The van der Waals surface area contributed by atoms with Gasteiger partial charge in [-0.05, 0) is 50.0 Å². The van der Waals surface area contributed by atoms with E-state index in [1.165, 1.54) is 24.8 Å². The fourth-order valence-electron chi connectivity index (χ4n) is 3.28. The minimum Gasteiger partial charge on any atom is -0.342 e. The van der Waals surface area contributed by atoms with Crippen molar-refractivity contribution in [1.29, 1.82) is 0 Å². The van der Waals surface area contributed by atoms with Crippen LogP contribution in [-0.4, -0.2) is 23.9 Å². The van der Waals surface area contributed by atoms with Crippen LogP contribution in [0.1, 0.15) is 44.6 Å². The van der Waals surface area contributed by atoms with E-state index >= 15 is 0 Å². The Morgan fingerprint density at radius 3 is 2.75 bits per heavy atom. The summed E-state index contributed by atoms with van der Waals surface area (Å²) in [4.78, 5) is 14.6. The first kappa shape index (κ1) is 13.7. The van der Waals surface area contributed by atoms with E-state index in [0.717, 1.165) is 32.4 Å². The van der Waals surface area contributed by atoms with E-state index in [9.17, 15) is 4.79 Å². The highest BCUT2D eigenvalue weighted by Gasteiger charge is 2.47. The molecule has 0 N–H and O–H groups in total. The lowest BCUT2D eigenvalue weighted by molar-refractivity contribution is -0.138. The number of amides is 1. The molecule has 2 fully saturated rings. The molecule has 0 aromatic heterocycles. The van der Waals surface area contributed by atoms with Gasteiger partial charge < -0.3 is 4.90 Å². The number of carbonyl (C=O) groups is 1. The van der Waals surface area contributed by atoms with Gasteiger partial charge >= 0.3 is 0 Å². The van der Waals surface area contributed by atoms with Crippen molar-refractivity contribution in [1.82, 2.24) is 4.90 Å². The van der Waals surface area contributed by atoms with E-state index in [4.69, 9.17) is 0 Å². The van der Waals surface area contributed by atoms with Crippen molar-refractivity contribution in [3.8, 4) is 0 Å². The van der Waals surface area contributed by atoms with Gasteiger partial charge in [0.25, 0.3) is 0 Å². The second-order valence-electron chi connectivity index (χ2n) is 6.84. The third-order valence-electron chi connectivity index (χ3n) is 5.01. The summed E-state index contributed by atoms with van der Waals surface area (Å²) in [7, 11) is 0. The van der Waals surface area contributed by atoms with Crippen LogP contribution in [0.3, 0.4) is 0 Å². The van der Waals surface area contributed by atoms with Crippen molar-refractivity contribution in [2.75, 3.05) is 13.1 Å². The molecular weight excluding hydrogens is 246 g/mol. The first-order chi connectivity index (χ1) is 9.67.